The first-order valence-electron chi connectivity index (χ1n) is 6.68. The van der Waals surface area contributed by atoms with Crippen molar-refractivity contribution >= 4 is 23.4 Å². The van der Waals surface area contributed by atoms with Crippen LogP contribution >= 0.6 is 11.8 Å². The molecule has 21 heavy (non-hydrogen) atoms. The summed E-state index contributed by atoms with van der Waals surface area (Å²) in [4.78, 5) is 30.3. The molecule has 1 atom stereocenters. The molecule has 2 N–H and O–H groups in total. The van der Waals surface area contributed by atoms with E-state index in [0.29, 0.717) is 11.6 Å². The predicted octanol–water partition coefficient (Wildman–Crippen LogP) is 2.59. The molecule has 1 amide bonds. The highest BCUT2D eigenvalue weighted by Crippen LogP contribution is 2.23. The van der Waals surface area contributed by atoms with Crippen molar-refractivity contribution in [2.24, 2.45) is 0 Å². The Morgan fingerprint density at radius 1 is 1.38 bits per heavy atom. The fourth-order valence-corrected chi connectivity index (χ4v) is 2.68. The molecule has 1 aromatic carbocycles. The zero-order chi connectivity index (χ0) is 15.2. The van der Waals surface area contributed by atoms with Gasteiger partial charge in [-0.3, -0.25) is 9.59 Å². The molecule has 1 unspecified atom stereocenters. The molecule has 0 radical (unpaired) electrons. The van der Waals surface area contributed by atoms with Gasteiger partial charge in [-0.2, -0.15) is 0 Å². The van der Waals surface area contributed by atoms with Crippen molar-refractivity contribution in [3.63, 3.8) is 0 Å². The number of aromatic amines is 1. The van der Waals surface area contributed by atoms with E-state index in [1.165, 1.54) is 24.0 Å². The van der Waals surface area contributed by atoms with Crippen molar-refractivity contribution in [3.05, 3.63) is 52.4 Å². The summed E-state index contributed by atoms with van der Waals surface area (Å²) in [5.41, 5.74) is 1.59. The molecule has 0 aliphatic carbocycles. The number of carbonyl (C=O) groups excluding carboxylic acids is 1. The molecule has 0 aliphatic rings. The standard InChI is InChI=1S/C15H17N3O2S/c1-3-12(21-15-16-9-8-13(19)18-15)14(20)17-11-7-5-4-6-10(11)2/h4-9,12H,3H2,1-2H3,(H,17,20)(H,16,18,19). The van der Waals surface area contributed by atoms with Crippen molar-refractivity contribution in [1.82, 2.24) is 9.97 Å². The Kier molecular flexibility index (Phi) is 5.16. The second-order valence-electron chi connectivity index (χ2n) is 4.56. The summed E-state index contributed by atoms with van der Waals surface area (Å²) in [5.74, 6) is -0.0942. The molecule has 0 saturated heterocycles. The number of thioether (sulfide) groups is 1. The van der Waals surface area contributed by atoms with Gasteiger partial charge in [0.1, 0.15) is 0 Å². The van der Waals surface area contributed by atoms with Crippen LogP contribution < -0.4 is 10.9 Å². The Labute approximate surface area is 127 Å². The molecular formula is C15H17N3O2S. The van der Waals surface area contributed by atoms with Crippen molar-refractivity contribution in [1.29, 1.82) is 0 Å². The molecule has 0 aliphatic heterocycles. The van der Waals surface area contributed by atoms with Crippen LogP contribution in [0.1, 0.15) is 18.9 Å². The van der Waals surface area contributed by atoms with Gasteiger partial charge >= 0.3 is 0 Å². The first-order valence-corrected chi connectivity index (χ1v) is 7.56. The maximum absolute atomic E-state index is 12.3. The van der Waals surface area contributed by atoms with Gasteiger partial charge in [0.25, 0.3) is 5.56 Å². The van der Waals surface area contributed by atoms with Gasteiger partial charge in [-0.1, -0.05) is 36.9 Å². The number of rotatable bonds is 5. The molecule has 0 saturated carbocycles. The number of nitrogens with one attached hydrogen (secondary N) is 2. The average molecular weight is 303 g/mol. The van der Waals surface area contributed by atoms with E-state index >= 15 is 0 Å². The molecule has 0 fully saturated rings. The lowest BCUT2D eigenvalue weighted by atomic mass is 10.2. The van der Waals surface area contributed by atoms with Crippen LogP contribution in [0.2, 0.25) is 0 Å². The Morgan fingerprint density at radius 2 is 2.14 bits per heavy atom. The Hall–Kier alpha value is -2.08. The largest absolute Gasteiger partial charge is 0.325 e. The normalized spacial score (nSPS) is 11.9. The first kappa shape index (κ1) is 15.3. The number of aryl methyl sites for hydroxylation is 1. The van der Waals surface area contributed by atoms with Crippen molar-refractivity contribution in [2.45, 2.75) is 30.7 Å². The number of hydrogen-bond acceptors (Lipinski definition) is 4. The maximum atomic E-state index is 12.3. The third-order valence-corrected chi connectivity index (χ3v) is 4.23. The van der Waals surface area contributed by atoms with Gasteiger partial charge in [0.15, 0.2) is 5.16 Å². The Balaban J connectivity index is 2.09. The lowest BCUT2D eigenvalue weighted by Gasteiger charge is -2.15. The number of nitrogens with zero attached hydrogens (tertiary/aromatic N) is 1. The third-order valence-electron chi connectivity index (χ3n) is 2.97. The minimum Gasteiger partial charge on any atom is -0.325 e. The topological polar surface area (TPSA) is 74.8 Å². The quantitative estimate of drug-likeness (QED) is 0.657. The second kappa shape index (κ2) is 7.08. The van der Waals surface area contributed by atoms with E-state index in [2.05, 4.69) is 15.3 Å². The van der Waals surface area contributed by atoms with Crippen LogP contribution in [0, 0.1) is 6.92 Å². The lowest BCUT2D eigenvalue weighted by molar-refractivity contribution is -0.115. The summed E-state index contributed by atoms with van der Waals surface area (Å²) in [7, 11) is 0. The highest BCUT2D eigenvalue weighted by molar-refractivity contribution is 8.00. The SMILES string of the molecule is CCC(Sc1nccc(=O)[nH]1)C(=O)Nc1ccccc1C. The maximum Gasteiger partial charge on any atom is 0.251 e. The van der Waals surface area contributed by atoms with Gasteiger partial charge < -0.3 is 10.3 Å². The molecular weight excluding hydrogens is 286 g/mol. The minimum atomic E-state index is -0.310. The predicted molar refractivity (Wildman–Crippen MR) is 84.6 cm³/mol. The van der Waals surface area contributed by atoms with Crippen LogP contribution in [-0.2, 0) is 4.79 Å². The lowest BCUT2D eigenvalue weighted by Crippen LogP contribution is -2.25. The van der Waals surface area contributed by atoms with Crippen molar-refractivity contribution < 1.29 is 4.79 Å². The van der Waals surface area contributed by atoms with Crippen molar-refractivity contribution in [2.75, 3.05) is 5.32 Å². The minimum absolute atomic E-state index is 0.0942. The van der Waals surface area contributed by atoms with Crippen LogP contribution in [0.4, 0.5) is 5.69 Å². The van der Waals surface area contributed by atoms with E-state index in [1.54, 1.807) is 0 Å². The molecule has 0 spiro atoms. The summed E-state index contributed by atoms with van der Waals surface area (Å²) >= 11 is 1.26. The second-order valence-corrected chi connectivity index (χ2v) is 5.75. The number of para-hydroxylation sites is 1. The molecule has 1 heterocycles. The number of anilines is 1. The summed E-state index contributed by atoms with van der Waals surface area (Å²) in [5, 5.41) is 3.06. The van der Waals surface area contributed by atoms with Crippen LogP contribution in [0.15, 0.2) is 46.5 Å². The summed E-state index contributed by atoms with van der Waals surface area (Å²) in [6, 6.07) is 8.97. The van der Waals surface area contributed by atoms with E-state index in [-0.39, 0.29) is 16.7 Å². The number of amides is 1. The van der Waals surface area contributed by atoms with E-state index in [4.69, 9.17) is 0 Å². The van der Waals surface area contributed by atoms with E-state index in [9.17, 15) is 9.59 Å². The fourth-order valence-electron chi connectivity index (χ4n) is 1.80. The number of H-pyrrole nitrogens is 1. The van der Waals surface area contributed by atoms with Gasteiger partial charge in [-0.05, 0) is 25.0 Å². The molecule has 5 nitrogen and oxygen atoms in total. The van der Waals surface area contributed by atoms with Gasteiger partial charge in [0, 0.05) is 18.0 Å². The zero-order valence-electron chi connectivity index (χ0n) is 11.9. The van der Waals surface area contributed by atoms with E-state index < -0.39 is 0 Å². The molecule has 6 heteroatoms. The number of aromatic nitrogens is 2. The van der Waals surface area contributed by atoms with Crippen molar-refractivity contribution in [3.8, 4) is 0 Å². The van der Waals surface area contributed by atoms with E-state index in [1.807, 2.05) is 38.1 Å². The molecule has 2 aromatic rings. The molecule has 2 rings (SSSR count). The molecule has 110 valence electrons. The zero-order valence-corrected chi connectivity index (χ0v) is 12.7. The highest BCUT2D eigenvalue weighted by atomic mass is 32.2. The number of hydrogen-bond donors (Lipinski definition) is 2. The number of benzene rings is 1. The highest BCUT2D eigenvalue weighted by Gasteiger charge is 2.19. The number of carbonyl (C=O) groups is 1. The summed E-state index contributed by atoms with van der Waals surface area (Å²) in [6.07, 6.45) is 2.08. The van der Waals surface area contributed by atoms with Crippen LogP contribution in [0.25, 0.3) is 0 Å². The monoisotopic (exact) mass is 303 g/mol. The summed E-state index contributed by atoms with van der Waals surface area (Å²) in [6.45, 7) is 3.87. The summed E-state index contributed by atoms with van der Waals surface area (Å²) < 4.78 is 0. The smallest absolute Gasteiger partial charge is 0.251 e. The van der Waals surface area contributed by atoms with Gasteiger partial charge in [-0.15, -0.1) is 0 Å². The van der Waals surface area contributed by atoms with E-state index in [0.717, 1.165) is 11.3 Å². The Bertz CT molecular complexity index is 684. The van der Waals surface area contributed by atoms with Crippen LogP contribution in [0.3, 0.4) is 0 Å². The van der Waals surface area contributed by atoms with Crippen LogP contribution in [0.5, 0.6) is 0 Å². The van der Waals surface area contributed by atoms with Gasteiger partial charge in [0.2, 0.25) is 5.91 Å². The molecule has 1 aromatic heterocycles. The Morgan fingerprint density at radius 3 is 2.81 bits per heavy atom. The molecule has 0 bridgehead atoms. The average Bonchev–Trinajstić information content (AvgIpc) is 2.47. The third kappa shape index (κ3) is 4.19. The first-order chi connectivity index (χ1) is 10.1. The van der Waals surface area contributed by atoms with Gasteiger partial charge in [-0.25, -0.2) is 4.98 Å². The van der Waals surface area contributed by atoms with Crippen LogP contribution in [-0.4, -0.2) is 21.1 Å². The fraction of sp³-hybridized carbons (Fsp3) is 0.267. The van der Waals surface area contributed by atoms with Gasteiger partial charge in [0.05, 0.1) is 5.25 Å².